The Balaban J connectivity index is 2.35. The van der Waals surface area contributed by atoms with Gasteiger partial charge in [-0.05, 0) is 43.5 Å². The average molecular weight is 258 g/mol. The van der Waals surface area contributed by atoms with Gasteiger partial charge in [0.05, 0.1) is 0 Å². The third-order valence-corrected chi connectivity index (χ3v) is 3.54. The molecule has 0 radical (unpaired) electrons. The molecule has 0 fully saturated rings. The maximum Gasteiger partial charge on any atom is 0.253 e. The van der Waals surface area contributed by atoms with Gasteiger partial charge in [-0.3, -0.25) is 4.79 Å². The van der Waals surface area contributed by atoms with Crippen LogP contribution in [0.5, 0.6) is 0 Å². The van der Waals surface area contributed by atoms with Gasteiger partial charge in [-0.25, -0.2) is 0 Å². The Hall–Kier alpha value is -1.77. The van der Waals surface area contributed by atoms with E-state index in [-0.39, 0.29) is 5.91 Å². The first-order chi connectivity index (χ1) is 8.90. The number of aromatic nitrogens is 1. The quantitative estimate of drug-likeness (QED) is 0.898. The van der Waals surface area contributed by atoms with E-state index in [4.69, 9.17) is 0 Å². The third kappa shape index (κ3) is 2.65. The monoisotopic (exact) mass is 258 g/mol. The van der Waals surface area contributed by atoms with Crippen molar-refractivity contribution in [3.8, 4) is 0 Å². The second kappa shape index (κ2) is 5.08. The van der Waals surface area contributed by atoms with E-state index in [1.54, 1.807) is 4.90 Å². The van der Waals surface area contributed by atoms with Gasteiger partial charge in [0.1, 0.15) is 0 Å². The average Bonchev–Trinajstić information content (AvgIpc) is 2.63. The summed E-state index contributed by atoms with van der Waals surface area (Å²) in [6.45, 7) is 9.16. The maximum atomic E-state index is 12.4. The van der Waals surface area contributed by atoms with Crippen molar-refractivity contribution in [3.63, 3.8) is 0 Å². The molecule has 3 heteroatoms. The van der Waals surface area contributed by atoms with Crippen molar-refractivity contribution in [2.75, 3.05) is 13.6 Å². The summed E-state index contributed by atoms with van der Waals surface area (Å²) in [5.74, 6) is 0.572. The van der Waals surface area contributed by atoms with Crippen LogP contribution < -0.4 is 0 Å². The predicted octanol–water partition coefficient (Wildman–Crippen LogP) is 3.51. The maximum absolute atomic E-state index is 12.4. The lowest BCUT2D eigenvalue weighted by Gasteiger charge is -2.19. The second-order valence-corrected chi connectivity index (χ2v) is 5.71. The predicted molar refractivity (Wildman–Crippen MR) is 79.6 cm³/mol. The van der Waals surface area contributed by atoms with Crippen LogP contribution in [0.1, 0.15) is 35.5 Å². The lowest BCUT2D eigenvalue weighted by Crippen LogP contribution is -2.30. The number of H-pyrrole nitrogens is 1. The molecular formula is C16H22N2O. The zero-order chi connectivity index (χ0) is 14.2. The normalized spacial score (nSPS) is 11.3. The molecule has 2 aromatic rings. The van der Waals surface area contributed by atoms with Gasteiger partial charge in [0, 0.05) is 35.8 Å². The largest absolute Gasteiger partial charge is 0.358 e. The molecule has 2 rings (SSSR count). The standard InChI is InChI=1S/C16H22N2O/c1-10(2)9-18(5)16(19)13-6-7-15-14(8-13)11(3)12(4)17-15/h6-8,10,17H,9H2,1-5H3. The van der Waals surface area contributed by atoms with E-state index in [0.717, 1.165) is 28.7 Å². The molecule has 1 amide bonds. The Morgan fingerprint density at radius 3 is 2.63 bits per heavy atom. The minimum atomic E-state index is 0.0915. The molecule has 0 aliphatic heterocycles. The molecular weight excluding hydrogens is 236 g/mol. The molecule has 1 N–H and O–H groups in total. The second-order valence-electron chi connectivity index (χ2n) is 5.71. The van der Waals surface area contributed by atoms with Crippen LogP contribution in [0.15, 0.2) is 18.2 Å². The third-order valence-electron chi connectivity index (χ3n) is 3.54. The van der Waals surface area contributed by atoms with Gasteiger partial charge in [0.15, 0.2) is 0 Å². The van der Waals surface area contributed by atoms with E-state index in [2.05, 4.69) is 32.7 Å². The minimum Gasteiger partial charge on any atom is -0.358 e. The van der Waals surface area contributed by atoms with Crippen molar-refractivity contribution in [2.45, 2.75) is 27.7 Å². The molecule has 1 heterocycles. The number of rotatable bonds is 3. The highest BCUT2D eigenvalue weighted by molar-refractivity contribution is 5.98. The molecule has 3 nitrogen and oxygen atoms in total. The Morgan fingerprint density at radius 2 is 2.00 bits per heavy atom. The van der Waals surface area contributed by atoms with E-state index < -0.39 is 0 Å². The first-order valence-corrected chi connectivity index (χ1v) is 6.74. The van der Waals surface area contributed by atoms with Gasteiger partial charge < -0.3 is 9.88 Å². The summed E-state index contributed by atoms with van der Waals surface area (Å²) < 4.78 is 0. The van der Waals surface area contributed by atoms with Crippen LogP contribution in [0.3, 0.4) is 0 Å². The summed E-state index contributed by atoms with van der Waals surface area (Å²) in [5.41, 5.74) is 4.24. The van der Waals surface area contributed by atoms with Gasteiger partial charge in [-0.15, -0.1) is 0 Å². The molecule has 0 aliphatic carbocycles. The van der Waals surface area contributed by atoms with E-state index in [1.165, 1.54) is 5.56 Å². The number of hydrogen-bond acceptors (Lipinski definition) is 1. The minimum absolute atomic E-state index is 0.0915. The molecule has 1 aromatic heterocycles. The van der Waals surface area contributed by atoms with E-state index in [0.29, 0.717) is 5.92 Å². The zero-order valence-electron chi connectivity index (χ0n) is 12.4. The fourth-order valence-electron chi connectivity index (χ4n) is 2.45. The van der Waals surface area contributed by atoms with E-state index >= 15 is 0 Å². The van der Waals surface area contributed by atoms with Gasteiger partial charge in [-0.1, -0.05) is 13.8 Å². The summed E-state index contributed by atoms with van der Waals surface area (Å²) in [6.07, 6.45) is 0. The first-order valence-electron chi connectivity index (χ1n) is 6.74. The number of carbonyl (C=O) groups is 1. The Bertz CT molecular complexity index is 610. The Morgan fingerprint density at radius 1 is 1.32 bits per heavy atom. The number of aromatic amines is 1. The lowest BCUT2D eigenvalue weighted by atomic mass is 10.1. The van der Waals surface area contributed by atoms with Crippen molar-refractivity contribution in [1.29, 1.82) is 0 Å². The van der Waals surface area contributed by atoms with Crippen molar-refractivity contribution in [3.05, 3.63) is 35.0 Å². The van der Waals surface area contributed by atoms with Crippen LogP contribution in [-0.2, 0) is 0 Å². The molecule has 19 heavy (non-hydrogen) atoms. The fourth-order valence-corrected chi connectivity index (χ4v) is 2.45. The topological polar surface area (TPSA) is 36.1 Å². The number of fused-ring (bicyclic) bond motifs is 1. The molecule has 0 spiro atoms. The molecule has 0 aliphatic rings. The number of benzene rings is 1. The van der Waals surface area contributed by atoms with Crippen LogP contribution in [0, 0.1) is 19.8 Å². The fraction of sp³-hybridized carbons (Fsp3) is 0.438. The summed E-state index contributed by atoms with van der Waals surface area (Å²) in [7, 11) is 1.86. The smallest absolute Gasteiger partial charge is 0.253 e. The number of nitrogens with one attached hydrogen (secondary N) is 1. The van der Waals surface area contributed by atoms with Crippen LogP contribution in [0.25, 0.3) is 10.9 Å². The highest BCUT2D eigenvalue weighted by Crippen LogP contribution is 2.23. The van der Waals surface area contributed by atoms with Crippen molar-refractivity contribution in [1.82, 2.24) is 9.88 Å². The van der Waals surface area contributed by atoms with E-state index in [9.17, 15) is 4.79 Å². The van der Waals surface area contributed by atoms with Crippen molar-refractivity contribution >= 4 is 16.8 Å². The first kappa shape index (κ1) is 13.7. The van der Waals surface area contributed by atoms with Crippen LogP contribution in [0.4, 0.5) is 0 Å². The molecule has 1 aromatic carbocycles. The molecule has 0 unspecified atom stereocenters. The highest BCUT2D eigenvalue weighted by atomic mass is 16.2. The van der Waals surface area contributed by atoms with E-state index in [1.807, 2.05) is 25.2 Å². The molecule has 102 valence electrons. The SMILES string of the molecule is Cc1[nH]c2ccc(C(=O)N(C)CC(C)C)cc2c1C. The van der Waals surface area contributed by atoms with Gasteiger partial charge in [0.2, 0.25) is 0 Å². The molecule has 0 atom stereocenters. The van der Waals surface area contributed by atoms with Crippen molar-refractivity contribution in [2.24, 2.45) is 5.92 Å². The summed E-state index contributed by atoms with van der Waals surface area (Å²) in [4.78, 5) is 17.5. The summed E-state index contributed by atoms with van der Waals surface area (Å²) in [5, 5.41) is 1.14. The van der Waals surface area contributed by atoms with Gasteiger partial charge in [-0.2, -0.15) is 0 Å². The Kier molecular flexibility index (Phi) is 3.65. The van der Waals surface area contributed by atoms with Gasteiger partial charge >= 0.3 is 0 Å². The summed E-state index contributed by atoms with van der Waals surface area (Å²) in [6, 6.07) is 5.88. The highest BCUT2D eigenvalue weighted by Gasteiger charge is 2.14. The Labute approximate surface area is 114 Å². The lowest BCUT2D eigenvalue weighted by molar-refractivity contribution is 0.0779. The number of hydrogen-bond donors (Lipinski definition) is 1. The zero-order valence-corrected chi connectivity index (χ0v) is 12.4. The number of carbonyl (C=O) groups excluding carboxylic acids is 1. The molecule has 0 saturated carbocycles. The van der Waals surface area contributed by atoms with Crippen LogP contribution >= 0.6 is 0 Å². The van der Waals surface area contributed by atoms with Crippen molar-refractivity contribution < 1.29 is 4.79 Å². The summed E-state index contributed by atoms with van der Waals surface area (Å²) >= 11 is 0. The number of amides is 1. The van der Waals surface area contributed by atoms with Gasteiger partial charge in [0.25, 0.3) is 5.91 Å². The molecule has 0 saturated heterocycles. The number of aryl methyl sites for hydroxylation is 2. The van der Waals surface area contributed by atoms with Crippen LogP contribution in [0.2, 0.25) is 0 Å². The molecule has 0 bridgehead atoms. The number of nitrogens with zero attached hydrogens (tertiary/aromatic N) is 1. The van der Waals surface area contributed by atoms with Crippen LogP contribution in [-0.4, -0.2) is 29.4 Å².